The second kappa shape index (κ2) is 7.97. The molecule has 0 aliphatic heterocycles. The number of anilines is 2. The molecule has 0 radical (unpaired) electrons. The van der Waals surface area contributed by atoms with Gasteiger partial charge in [-0.3, -0.25) is 14.2 Å². The zero-order valence-corrected chi connectivity index (χ0v) is 18.0. The average molecular weight is 432 g/mol. The first-order valence-electron chi connectivity index (χ1n) is 10.1. The standard InChI is InChI=1S/C24H24N4O4/c1-24(2,3)14-6-9-16(10-7-14)28-12-4-5-18(23(28)31)20(29)22(30)26-15-8-11-17-19(13-15)27-32-21(17)25/h4-13,20,29H,25H2,1-3H3,(H,26,30). The molecule has 0 saturated carbocycles. The number of aliphatic hydroxyl groups excluding tert-OH is 1. The van der Waals surface area contributed by atoms with E-state index in [1.54, 1.807) is 30.5 Å². The molecule has 8 nitrogen and oxygen atoms in total. The minimum atomic E-state index is -1.65. The van der Waals surface area contributed by atoms with Crippen LogP contribution in [0.5, 0.6) is 0 Å². The van der Waals surface area contributed by atoms with Gasteiger partial charge in [-0.15, -0.1) is 0 Å². The molecule has 32 heavy (non-hydrogen) atoms. The van der Waals surface area contributed by atoms with Crippen LogP contribution in [-0.2, 0) is 10.2 Å². The van der Waals surface area contributed by atoms with Gasteiger partial charge < -0.3 is 20.7 Å². The lowest BCUT2D eigenvalue weighted by Gasteiger charge is -2.19. The van der Waals surface area contributed by atoms with E-state index in [-0.39, 0.29) is 16.9 Å². The summed E-state index contributed by atoms with van der Waals surface area (Å²) >= 11 is 0. The summed E-state index contributed by atoms with van der Waals surface area (Å²) in [5.74, 6) is -0.558. The van der Waals surface area contributed by atoms with Crippen molar-refractivity contribution in [1.29, 1.82) is 0 Å². The maximum Gasteiger partial charge on any atom is 0.261 e. The van der Waals surface area contributed by atoms with E-state index >= 15 is 0 Å². The van der Waals surface area contributed by atoms with Crippen molar-refractivity contribution in [2.45, 2.75) is 32.3 Å². The maximum atomic E-state index is 13.0. The van der Waals surface area contributed by atoms with Gasteiger partial charge in [0.15, 0.2) is 6.10 Å². The third-order valence-corrected chi connectivity index (χ3v) is 5.30. The van der Waals surface area contributed by atoms with E-state index in [9.17, 15) is 14.7 Å². The van der Waals surface area contributed by atoms with Gasteiger partial charge in [0.05, 0.1) is 10.9 Å². The smallest absolute Gasteiger partial charge is 0.261 e. The van der Waals surface area contributed by atoms with Crippen LogP contribution in [0.25, 0.3) is 16.6 Å². The van der Waals surface area contributed by atoms with Gasteiger partial charge in [0.25, 0.3) is 11.5 Å². The second-order valence-electron chi connectivity index (χ2n) is 8.61. The first-order valence-corrected chi connectivity index (χ1v) is 10.1. The van der Waals surface area contributed by atoms with E-state index in [0.29, 0.717) is 22.3 Å². The van der Waals surface area contributed by atoms with Crippen LogP contribution in [-0.4, -0.2) is 20.7 Å². The first kappa shape index (κ1) is 21.3. The molecule has 0 bridgehead atoms. The van der Waals surface area contributed by atoms with Crippen LogP contribution in [0.15, 0.2) is 70.1 Å². The molecule has 4 rings (SSSR count). The molecule has 4 aromatic rings. The molecule has 2 aromatic heterocycles. The zero-order valence-electron chi connectivity index (χ0n) is 18.0. The van der Waals surface area contributed by atoms with Crippen molar-refractivity contribution in [3.05, 3.63) is 82.3 Å². The fourth-order valence-electron chi connectivity index (χ4n) is 3.44. The number of nitrogens with one attached hydrogen (secondary N) is 1. The number of pyridine rings is 1. The summed E-state index contributed by atoms with van der Waals surface area (Å²) in [6, 6.07) is 15.5. The average Bonchev–Trinajstić information content (AvgIpc) is 3.13. The number of aromatic nitrogens is 2. The van der Waals surface area contributed by atoms with E-state index in [0.717, 1.165) is 5.56 Å². The fraction of sp³-hybridized carbons (Fsp3) is 0.208. The second-order valence-corrected chi connectivity index (χ2v) is 8.61. The van der Waals surface area contributed by atoms with Crippen LogP contribution in [0.3, 0.4) is 0 Å². The summed E-state index contributed by atoms with van der Waals surface area (Å²) < 4.78 is 6.32. The van der Waals surface area contributed by atoms with Crippen molar-refractivity contribution in [3.8, 4) is 5.69 Å². The molecule has 0 aliphatic rings. The molecule has 1 amide bonds. The highest BCUT2D eigenvalue weighted by atomic mass is 16.5. The van der Waals surface area contributed by atoms with Gasteiger partial charge in [0.2, 0.25) is 5.88 Å². The maximum absolute atomic E-state index is 13.0. The molecule has 0 fully saturated rings. The number of fused-ring (bicyclic) bond motifs is 1. The van der Waals surface area contributed by atoms with Gasteiger partial charge in [0.1, 0.15) is 5.52 Å². The Labute approximate surface area is 184 Å². The first-order chi connectivity index (χ1) is 15.1. The van der Waals surface area contributed by atoms with Gasteiger partial charge in [-0.2, -0.15) is 0 Å². The number of aliphatic hydroxyl groups is 1. The molecule has 1 atom stereocenters. The van der Waals surface area contributed by atoms with Crippen molar-refractivity contribution in [2.75, 3.05) is 11.1 Å². The van der Waals surface area contributed by atoms with E-state index in [2.05, 4.69) is 31.2 Å². The Morgan fingerprint density at radius 3 is 2.56 bits per heavy atom. The Morgan fingerprint density at radius 1 is 1.16 bits per heavy atom. The number of nitrogens with two attached hydrogens (primary N) is 1. The third kappa shape index (κ3) is 4.00. The van der Waals surface area contributed by atoms with Crippen molar-refractivity contribution in [1.82, 2.24) is 9.72 Å². The number of nitrogens with zero attached hydrogens (tertiary/aromatic N) is 2. The number of rotatable bonds is 4. The predicted molar refractivity (Wildman–Crippen MR) is 123 cm³/mol. The lowest BCUT2D eigenvalue weighted by molar-refractivity contribution is -0.124. The molecule has 0 spiro atoms. The molecule has 8 heteroatoms. The molecule has 2 heterocycles. The Bertz CT molecular complexity index is 1350. The highest BCUT2D eigenvalue weighted by Crippen LogP contribution is 2.25. The molecule has 164 valence electrons. The minimum Gasteiger partial charge on any atom is -0.378 e. The number of carbonyl (C=O) groups excluding carboxylic acids is 1. The molecular formula is C24H24N4O4. The number of nitrogen functional groups attached to an aromatic ring is 1. The van der Waals surface area contributed by atoms with Crippen molar-refractivity contribution < 1.29 is 14.4 Å². The van der Waals surface area contributed by atoms with Crippen molar-refractivity contribution in [2.24, 2.45) is 0 Å². The van der Waals surface area contributed by atoms with E-state index in [1.807, 2.05) is 24.3 Å². The summed E-state index contributed by atoms with van der Waals surface area (Å²) in [6.45, 7) is 6.33. The zero-order chi connectivity index (χ0) is 23.0. The van der Waals surface area contributed by atoms with Crippen LogP contribution in [0.4, 0.5) is 11.6 Å². The number of hydrogen-bond acceptors (Lipinski definition) is 6. The monoisotopic (exact) mass is 432 g/mol. The van der Waals surface area contributed by atoms with Crippen LogP contribution in [0, 0.1) is 0 Å². The predicted octanol–water partition coefficient (Wildman–Crippen LogP) is 3.53. The Kier molecular flexibility index (Phi) is 5.31. The van der Waals surface area contributed by atoms with Gasteiger partial charge in [-0.25, -0.2) is 0 Å². The number of hydrogen-bond donors (Lipinski definition) is 3. The van der Waals surface area contributed by atoms with E-state index in [4.69, 9.17) is 10.3 Å². The summed E-state index contributed by atoms with van der Waals surface area (Å²) in [6.07, 6.45) is -0.0484. The van der Waals surface area contributed by atoms with Crippen molar-refractivity contribution >= 4 is 28.4 Å². The Morgan fingerprint density at radius 2 is 1.88 bits per heavy atom. The Hall–Kier alpha value is -3.91. The van der Waals surface area contributed by atoms with Crippen LogP contribution >= 0.6 is 0 Å². The number of amides is 1. The van der Waals surface area contributed by atoms with Crippen LogP contribution in [0.1, 0.15) is 38.0 Å². The molecule has 4 N–H and O–H groups in total. The molecule has 2 aromatic carbocycles. The fourth-order valence-corrected chi connectivity index (χ4v) is 3.44. The molecular weight excluding hydrogens is 408 g/mol. The summed E-state index contributed by atoms with van der Waals surface area (Å²) in [4.78, 5) is 25.6. The topological polar surface area (TPSA) is 123 Å². The van der Waals surface area contributed by atoms with Crippen LogP contribution < -0.4 is 16.6 Å². The molecule has 0 saturated heterocycles. The van der Waals surface area contributed by atoms with Gasteiger partial charge in [-0.05, 0) is 53.4 Å². The lowest BCUT2D eigenvalue weighted by atomic mass is 9.87. The number of benzene rings is 2. The normalized spacial score (nSPS) is 12.6. The number of carbonyl (C=O) groups is 1. The summed E-state index contributed by atoms with van der Waals surface area (Å²) in [7, 11) is 0. The van der Waals surface area contributed by atoms with Gasteiger partial charge >= 0.3 is 0 Å². The van der Waals surface area contributed by atoms with E-state index < -0.39 is 17.6 Å². The summed E-state index contributed by atoms with van der Waals surface area (Å²) in [5, 5.41) is 17.6. The minimum absolute atomic E-state index is 0.0136. The van der Waals surface area contributed by atoms with Gasteiger partial charge in [0, 0.05) is 17.6 Å². The SMILES string of the molecule is CC(C)(C)c1ccc(-n2cccc(C(O)C(=O)Nc3ccc4c(N)onc4c3)c2=O)cc1. The highest BCUT2D eigenvalue weighted by Gasteiger charge is 2.22. The highest BCUT2D eigenvalue weighted by molar-refractivity contribution is 5.97. The lowest BCUT2D eigenvalue weighted by Crippen LogP contribution is -2.29. The Balaban J connectivity index is 1.59. The van der Waals surface area contributed by atoms with Crippen molar-refractivity contribution in [3.63, 3.8) is 0 Å². The van der Waals surface area contributed by atoms with Gasteiger partial charge in [-0.1, -0.05) is 38.1 Å². The van der Waals surface area contributed by atoms with E-state index in [1.165, 1.54) is 10.6 Å². The quantitative estimate of drug-likeness (QED) is 0.453. The largest absolute Gasteiger partial charge is 0.378 e. The molecule has 1 unspecified atom stereocenters. The van der Waals surface area contributed by atoms with Crippen LogP contribution in [0.2, 0.25) is 0 Å². The molecule has 0 aliphatic carbocycles. The summed E-state index contributed by atoms with van der Waals surface area (Å²) in [5.41, 5.74) is 7.79. The third-order valence-electron chi connectivity index (χ3n) is 5.30.